The topological polar surface area (TPSA) is 118 Å². The SMILES string of the molecule is COc1cnc(Nc2ccc(N3CCN(C)CC3)cc2OC(F)F)nc1Nc1ccsc1C(N)=O. The van der Waals surface area contributed by atoms with Crippen LogP contribution in [0.5, 0.6) is 11.5 Å². The van der Waals surface area contributed by atoms with Gasteiger partial charge in [0, 0.05) is 37.9 Å². The van der Waals surface area contributed by atoms with Crippen molar-refractivity contribution >= 4 is 46.1 Å². The van der Waals surface area contributed by atoms with Crippen LogP contribution in [0, 0.1) is 0 Å². The van der Waals surface area contributed by atoms with Crippen LogP contribution >= 0.6 is 11.3 Å². The Bertz CT molecular complexity index is 1190. The molecule has 1 aromatic carbocycles. The van der Waals surface area contributed by atoms with E-state index in [0.29, 0.717) is 16.3 Å². The third kappa shape index (κ3) is 5.87. The summed E-state index contributed by atoms with van der Waals surface area (Å²) in [7, 11) is 3.49. The van der Waals surface area contributed by atoms with Crippen LogP contribution in [0.1, 0.15) is 9.67 Å². The molecule has 1 aliphatic heterocycles. The Morgan fingerprint density at radius 3 is 2.60 bits per heavy atom. The highest BCUT2D eigenvalue weighted by Gasteiger charge is 2.19. The van der Waals surface area contributed by atoms with Crippen LogP contribution in [0.25, 0.3) is 0 Å². The lowest BCUT2D eigenvalue weighted by Gasteiger charge is -2.34. The van der Waals surface area contributed by atoms with Crippen molar-refractivity contribution in [1.29, 1.82) is 0 Å². The zero-order valence-electron chi connectivity index (χ0n) is 19.1. The van der Waals surface area contributed by atoms with E-state index in [1.54, 1.807) is 23.6 Å². The number of carbonyl (C=O) groups excluding carboxylic acids is 1. The molecule has 0 aliphatic carbocycles. The van der Waals surface area contributed by atoms with Crippen molar-refractivity contribution in [1.82, 2.24) is 14.9 Å². The first-order valence-electron chi connectivity index (χ1n) is 10.7. The molecule has 0 spiro atoms. The van der Waals surface area contributed by atoms with Crippen LogP contribution < -0.4 is 30.7 Å². The van der Waals surface area contributed by atoms with Crippen LogP contribution in [0.2, 0.25) is 0 Å². The molecule has 1 aliphatic rings. The van der Waals surface area contributed by atoms with Gasteiger partial charge in [-0.1, -0.05) is 0 Å². The fourth-order valence-corrected chi connectivity index (χ4v) is 4.29. The first-order valence-corrected chi connectivity index (χ1v) is 11.6. The van der Waals surface area contributed by atoms with Crippen molar-refractivity contribution in [3.63, 3.8) is 0 Å². The smallest absolute Gasteiger partial charge is 0.387 e. The summed E-state index contributed by atoms with van der Waals surface area (Å²) in [4.78, 5) is 24.9. The highest BCUT2D eigenvalue weighted by molar-refractivity contribution is 7.12. The number of methoxy groups -OCH3 is 1. The van der Waals surface area contributed by atoms with Crippen molar-refractivity contribution in [2.45, 2.75) is 6.61 Å². The Balaban J connectivity index is 1.60. The van der Waals surface area contributed by atoms with Crippen LogP contribution in [-0.2, 0) is 0 Å². The lowest BCUT2D eigenvalue weighted by Crippen LogP contribution is -2.44. The Morgan fingerprint density at radius 1 is 1.14 bits per heavy atom. The number of hydrogen-bond donors (Lipinski definition) is 3. The zero-order valence-corrected chi connectivity index (χ0v) is 19.9. The molecule has 0 unspecified atom stereocenters. The fourth-order valence-electron chi connectivity index (χ4n) is 3.59. The number of primary amides is 1. The third-order valence-electron chi connectivity index (χ3n) is 5.41. The first kappa shape index (κ1) is 24.4. The normalized spacial score (nSPS) is 14.1. The van der Waals surface area contributed by atoms with Gasteiger partial charge in [-0.2, -0.15) is 13.8 Å². The lowest BCUT2D eigenvalue weighted by atomic mass is 10.2. The van der Waals surface area contributed by atoms with Gasteiger partial charge in [-0.05, 0) is 30.6 Å². The van der Waals surface area contributed by atoms with Crippen molar-refractivity contribution in [2.75, 3.05) is 55.9 Å². The number of nitrogens with two attached hydrogens (primary N) is 1. The minimum atomic E-state index is -3.00. The van der Waals surface area contributed by atoms with Gasteiger partial charge in [0.1, 0.15) is 4.88 Å². The number of likely N-dealkylation sites (N-methyl/N-ethyl adjacent to an activating group) is 1. The largest absolute Gasteiger partial charge is 0.491 e. The maximum atomic E-state index is 13.2. The summed E-state index contributed by atoms with van der Waals surface area (Å²) in [5.41, 5.74) is 6.94. The van der Waals surface area contributed by atoms with Gasteiger partial charge >= 0.3 is 6.61 Å². The molecule has 0 radical (unpaired) electrons. The van der Waals surface area contributed by atoms with Crippen LogP contribution in [0.3, 0.4) is 0 Å². The molecular formula is C22H25F2N7O3S. The van der Waals surface area contributed by atoms with E-state index < -0.39 is 12.5 Å². The fraction of sp³-hybridized carbons (Fsp3) is 0.318. The Morgan fingerprint density at radius 2 is 1.91 bits per heavy atom. The molecule has 3 aromatic rings. The summed E-state index contributed by atoms with van der Waals surface area (Å²) in [6.07, 6.45) is 1.42. The van der Waals surface area contributed by atoms with Gasteiger partial charge < -0.3 is 35.6 Å². The predicted octanol–water partition coefficient (Wildman–Crippen LogP) is 3.49. The van der Waals surface area contributed by atoms with Crippen molar-refractivity contribution in [3.8, 4) is 11.5 Å². The van der Waals surface area contributed by atoms with Gasteiger partial charge in [0.05, 0.1) is 24.7 Å². The third-order valence-corrected chi connectivity index (χ3v) is 6.34. The molecule has 1 amide bonds. The van der Waals surface area contributed by atoms with Gasteiger partial charge in [-0.25, -0.2) is 4.98 Å². The number of ether oxygens (including phenoxy) is 2. The number of alkyl halides is 2. The van der Waals surface area contributed by atoms with E-state index in [0.717, 1.165) is 31.9 Å². The molecule has 1 saturated heterocycles. The van der Waals surface area contributed by atoms with Gasteiger partial charge in [0.2, 0.25) is 5.95 Å². The van der Waals surface area contributed by atoms with E-state index >= 15 is 0 Å². The molecule has 3 heterocycles. The van der Waals surface area contributed by atoms with Gasteiger partial charge in [-0.15, -0.1) is 11.3 Å². The molecule has 0 bridgehead atoms. The molecule has 2 aromatic heterocycles. The van der Waals surface area contributed by atoms with Crippen LogP contribution in [0.15, 0.2) is 35.8 Å². The summed E-state index contributed by atoms with van der Waals surface area (Å²) in [5.74, 6) is 0.0702. The maximum absolute atomic E-state index is 13.2. The zero-order chi connectivity index (χ0) is 24.9. The average Bonchev–Trinajstić information content (AvgIpc) is 3.29. The number of anilines is 5. The Hall–Kier alpha value is -3.71. The standard InChI is InChI=1S/C22H25F2N7O3S/c1-30-6-8-31(9-7-30)13-3-4-14(16(11-13)34-21(23)24)28-22-26-12-17(33-2)20(29-22)27-15-5-10-35-18(15)19(25)32/h3-5,10-12,21H,6-9H2,1-2H3,(H2,25,32)(H2,26,27,28,29). The molecular weight excluding hydrogens is 480 g/mol. The maximum Gasteiger partial charge on any atom is 0.387 e. The molecule has 35 heavy (non-hydrogen) atoms. The Kier molecular flexibility index (Phi) is 7.46. The first-order chi connectivity index (χ1) is 16.8. The van der Waals surface area contributed by atoms with E-state index in [1.807, 2.05) is 13.1 Å². The van der Waals surface area contributed by atoms with E-state index in [9.17, 15) is 13.6 Å². The second-order valence-electron chi connectivity index (χ2n) is 7.74. The average molecular weight is 506 g/mol. The van der Waals surface area contributed by atoms with E-state index in [2.05, 4.69) is 30.4 Å². The molecule has 10 nitrogen and oxygen atoms in total. The minimum absolute atomic E-state index is 0.0285. The molecule has 186 valence electrons. The number of rotatable bonds is 9. The summed E-state index contributed by atoms with van der Waals surface area (Å²) < 4.78 is 36.5. The van der Waals surface area contributed by atoms with Gasteiger partial charge in [0.25, 0.3) is 5.91 Å². The van der Waals surface area contributed by atoms with Crippen molar-refractivity contribution in [2.24, 2.45) is 5.73 Å². The lowest BCUT2D eigenvalue weighted by molar-refractivity contribution is -0.0493. The van der Waals surface area contributed by atoms with E-state index in [4.69, 9.17) is 15.2 Å². The molecule has 4 N–H and O–H groups in total. The summed E-state index contributed by atoms with van der Waals surface area (Å²) in [5, 5.41) is 7.66. The number of nitrogens with one attached hydrogen (secondary N) is 2. The summed E-state index contributed by atoms with van der Waals surface area (Å²) in [6.45, 7) is 0.316. The van der Waals surface area contributed by atoms with Crippen LogP contribution in [0.4, 0.5) is 37.6 Å². The molecule has 1 fully saturated rings. The molecule has 0 saturated carbocycles. The number of piperazine rings is 1. The molecule has 4 rings (SSSR count). The number of carbonyl (C=O) groups is 1. The second-order valence-corrected chi connectivity index (χ2v) is 8.65. The van der Waals surface area contributed by atoms with Gasteiger partial charge in [-0.3, -0.25) is 4.79 Å². The molecule has 13 heteroatoms. The van der Waals surface area contributed by atoms with Crippen LogP contribution in [-0.4, -0.2) is 67.7 Å². The van der Waals surface area contributed by atoms with Crippen molar-refractivity contribution in [3.05, 3.63) is 40.7 Å². The van der Waals surface area contributed by atoms with Crippen molar-refractivity contribution < 1.29 is 23.0 Å². The summed E-state index contributed by atoms with van der Waals surface area (Å²) >= 11 is 1.19. The number of benzene rings is 1. The number of halogens is 2. The highest BCUT2D eigenvalue weighted by Crippen LogP contribution is 2.35. The predicted molar refractivity (Wildman–Crippen MR) is 131 cm³/mol. The molecule has 0 atom stereocenters. The van der Waals surface area contributed by atoms with Gasteiger partial charge in [0.15, 0.2) is 17.3 Å². The highest BCUT2D eigenvalue weighted by atomic mass is 32.1. The van der Waals surface area contributed by atoms with E-state index in [-0.39, 0.29) is 23.2 Å². The van der Waals surface area contributed by atoms with E-state index in [1.165, 1.54) is 24.6 Å². The second kappa shape index (κ2) is 10.7. The number of aromatic nitrogens is 2. The number of thiophene rings is 1. The number of hydrogen-bond acceptors (Lipinski definition) is 10. The quantitative estimate of drug-likeness (QED) is 0.402. The summed E-state index contributed by atoms with van der Waals surface area (Å²) in [6, 6.07) is 6.74. The Labute approximate surface area is 204 Å². The monoisotopic (exact) mass is 505 g/mol. The minimum Gasteiger partial charge on any atom is -0.491 e. The number of nitrogens with zero attached hydrogens (tertiary/aromatic N) is 4. The number of amides is 1.